The van der Waals surface area contributed by atoms with E-state index >= 15 is 0 Å². The smallest absolute Gasteiger partial charge is 0.108 e. The van der Waals surface area contributed by atoms with Gasteiger partial charge < -0.3 is 14.8 Å². The SMILES string of the molecule is Cn1ccnc1CCC(CO)(CO)c1ccccc1. The molecule has 0 aliphatic heterocycles. The Bertz CT molecular complexity index is 504. The van der Waals surface area contributed by atoms with E-state index in [0.717, 1.165) is 17.8 Å². The number of aliphatic hydroxyl groups is 2. The number of imidazole rings is 1. The summed E-state index contributed by atoms with van der Waals surface area (Å²) < 4.78 is 1.96. The van der Waals surface area contributed by atoms with Gasteiger partial charge in [-0.05, 0) is 12.0 Å². The van der Waals surface area contributed by atoms with Crippen LogP contribution in [-0.2, 0) is 18.9 Å². The van der Waals surface area contributed by atoms with Crippen molar-refractivity contribution in [1.82, 2.24) is 9.55 Å². The number of aryl methyl sites for hydroxylation is 2. The topological polar surface area (TPSA) is 58.3 Å². The summed E-state index contributed by atoms with van der Waals surface area (Å²) in [6, 6.07) is 9.68. The van der Waals surface area contributed by atoms with Crippen LogP contribution in [0, 0.1) is 0 Å². The van der Waals surface area contributed by atoms with Crippen molar-refractivity contribution in [2.45, 2.75) is 18.3 Å². The van der Waals surface area contributed by atoms with Gasteiger partial charge in [-0.1, -0.05) is 30.3 Å². The molecule has 0 aliphatic rings. The zero-order valence-corrected chi connectivity index (χ0v) is 11.2. The van der Waals surface area contributed by atoms with Crippen molar-refractivity contribution < 1.29 is 10.2 Å². The molecule has 1 aromatic heterocycles. The zero-order chi connectivity index (χ0) is 13.7. The third-order valence-corrected chi connectivity index (χ3v) is 3.74. The molecule has 0 spiro atoms. The Hall–Kier alpha value is -1.65. The van der Waals surface area contributed by atoms with Gasteiger partial charge in [-0.15, -0.1) is 0 Å². The maximum Gasteiger partial charge on any atom is 0.108 e. The minimum atomic E-state index is -0.604. The normalized spacial score (nSPS) is 11.7. The summed E-state index contributed by atoms with van der Waals surface area (Å²) in [7, 11) is 1.95. The predicted octanol–water partition coefficient (Wildman–Crippen LogP) is 1.28. The van der Waals surface area contributed by atoms with E-state index in [9.17, 15) is 10.2 Å². The van der Waals surface area contributed by atoms with Gasteiger partial charge in [-0.2, -0.15) is 0 Å². The second-order valence-electron chi connectivity index (χ2n) is 4.92. The van der Waals surface area contributed by atoms with Gasteiger partial charge in [-0.3, -0.25) is 0 Å². The summed E-state index contributed by atoms with van der Waals surface area (Å²) in [5.41, 5.74) is 0.363. The van der Waals surface area contributed by atoms with Crippen molar-refractivity contribution in [1.29, 1.82) is 0 Å². The molecule has 0 saturated carbocycles. The van der Waals surface area contributed by atoms with Gasteiger partial charge in [-0.25, -0.2) is 4.98 Å². The number of hydrogen-bond donors (Lipinski definition) is 2. The van der Waals surface area contributed by atoms with Crippen molar-refractivity contribution in [3.8, 4) is 0 Å². The highest BCUT2D eigenvalue weighted by molar-refractivity contribution is 5.26. The van der Waals surface area contributed by atoms with Crippen LogP contribution in [0.2, 0.25) is 0 Å². The molecule has 2 rings (SSSR count). The molecule has 1 aromatic carbocycles. The van der Waals surface area contributed by atoms with Crippen LogP contribution in [0.3, 0.4) is 0 Å². The van der Waals surface area contributed by atoms with Gasteiger partial charge in [0.25, 0.3) is 0 Å². The third kappa shape index (κ3) is 2.85. The van der Waals surface area contributed by atoms with E-state index in [1.54, 1.807) is 6.20 Å². The fourth-order valence-corrected chi connectivity index (χ4v) is 2.32. The fraction of sp³-hybridized carbons (Fsp3) is 0.400. The fourth-order valence-electron chi connectivity index (χ4n) is 2.32. The van der Waals surface area contributed by atoms with Gasteiger partial charge >= 0.3 is 0 Å². The van der Waals surface area contributed by atoms with Crippen molar-refractivity contribution in [3.63, 3.8) is 0 Å². The lowest BCUT2D eigenvalue weighted by atomic mass is 9.78. The zero-order valence-electron chi connectivity index (χ0n) is 11.2. The van der Waals surface area contributed by atoms with Crippen molar-refractivity contribution >= 4 is 0 Å². The third-order valence-electron chi connectivity index (χ3n) is 3.74. The Morgan fingerprint density at radius 2 is 1.84 bits per heavy atom. The van der Waals surface area contributed by atoms with E-state index in [0.29, 0.717) is 6.42 Å². The second kappa shape index (κ2) is 5.99. The lowest BCUT2D eigenvalue weighted by Crippen LogP contribution is -2.35. The van der Waals surface area contributed by atoms with Gasteiger partial charge in [0.2, 0.25) is 0 Å². The quantitative estimate of drug-likeness (QED) is 0.822. The standard InChI is InChI=1S/C15H20N2O2/c1-17-10-9-16-14(17)7-8-15(11-18,12-19)13-5-3-2-4-6-13/h2-6,9-10,18-19H,7-8,11-12H2,1H3. The van der Waals surface area contributed by atoms with Crippen LogP contribution >= 0.6 is 0 Å². The highest BCUT2D eigenvalue weighted by Gasteiger charge is 2.30. The molecule has 0 radical (unpaired) electrons. The van der Waals surface area contributed by atoms with Crippen molar-refractivity contribution in [2.75, 3.05) is 13.2 Å². The van der Waals surface area contributed by atoms with Crippen LogP contribution in [0.15, 0.2) is 42.7 Å². The molecule has 0 fully saturated rings. The highest BCUT2D eigenvalue weighted by atomic mass is 16.3. The summed E-state index contributed by atoms with van der Waals surface area (Å²) in [5, 5.41) is 19.5. The molecule has 0 amide bonds. The largest absolute Gasteiger partial charge is 0.395 e. The van der Waals surface area contributed by atoms with Crippen molar-refractivity contribution in [3.05, 3.63) is 54.1 Å². The molecule has 1 heterocycles. The number of nitrogens with zero attached hydrogens (tertiary/aromatic N) is 2. The maximum absolute atomic E-state index is 9.74. The molecule has 102 valence electrons. The number of aromatic nitrogens is 2. The first-order valence-corrected chi connectivity index (χ1v) is 6.45. The molecule has 0 unspecified atom stereocenters. The summed E-state index contributed by atoms with van der Waals surface area (Å²) in [6.45, 7) is -0.143. The number of hydrogen-bond acceptors (Lipinski definition) is 3. The first-order valence-electron chi connectivity index (χ1n) is 6.45. The minimum Gasteiger partial charge on any atom is -0.395 e. The van der Waals surface area contributed by atoms with Crippen LogP contribution < -0.4 is 0 Å². The predicted molar refractivity (Wildman–Crippen MR) is 73.8 cm³/mol. The van der Waals surface area contributed by atoms with E-state index in [4.69, 9.17) is 0 Å². The number of aliphatic hydroxyl groups excluding tert-OH is 2. The Balaban J connectivity index is 2.18. The highest BCUT2D eigenvalue weighted by Crippen LogP contribution is 2.28. The first-order chi connectivity index (χ1) is 9.22. The number of benzene rings is 1. The maximum atomic E-state index is 9.74. The summed E-state index contributed by atoms with van der Waals surface area (Å²) in [6.07, 6.45) is 5.04. The summed E-state index contributed by atoms with van der Waals surface area (Å²) >= 11 is 0. The van der Waals surface area contributed by atoms with Gasteiger partial charge in [0, 0.05) is 31.3 Å². The molecular weight excluding hydrogens is 240 g/mol. The average molecular weight is 260 g/mol. The van der Waals surface area contributed by atoms with Crippen LogP contribution in [-0.4, -0.2) is 33.0 Å². The van der Waals surface area contributed by atoms with Crippen LogP contribution in [0.25, 0.3) is 0 Å². The van der Waals surface area contributed by atoms with E-state index in [-0.39, 0.29) is 13.2 Å². The Morgan fingerprint density at radius 3 is 2.37 bits per heavy atom. The Labute approximate surface area is 113 Å². The van der Waals surface area contributed by atoms with Gasteiger partial charge in [0.05, 0.1) is 13.2 Å². The molecule has 0 aliphatic carbocycles. The van der Waals surface area contributed by atoms with E-state index in [2.05, 4.69) is 4.98 Å². The van der Waals surface area contributed by atoms with Gasteiger partial charge in [0.15, 0.2) is 0 Å². The van der Waals surface area contributed by atoms with Crippen LogP contribution in [0.5, 0.6) is 0 Å². The molecule has 0 atom stereocenters. The molecule has 4 heteroatoms. The number of rotatable bonds is 6. The molecule has 4 nitrogen and oxygen atoms in total. The monoisotopic (exact) mass is 260 g/mol. The summed E-state index contributed by atoms with van der Waals surface area (Å²) in [4.78, 5) is 4.28. The van der Waals surface area contributed by atoms with E-state index < -0.39 is 5.41 Å². The molecule has 2 aromatic rings. The Kier molecular flexibility index (Phi) is 4.35. The second-order valence-corrected chi connectivity index (χ2v) is 4.92. The Morgan fingerprint density at radius 1 is 1.16 bits per heavy atom. The summed E-state index contributed by atoms with van der Waals surface area (Å²) in [5.74, 6) is 0.960. The average Bonchev–Trinajstić information content (AvgIpc) is 2.87. The minimum absolute atomic E-state index is 0.0715. The molecule has 19 heavy (non-hydrogen) atoms. The molecule has 2 N–H and O–H groups in total. The van der Waals surface area contributed by atoms with E-state index in [1.165, 1.54) is 0 Å². The van der Waals surface area contributed by atoms with Crippen LogP contribution in [0.1, 0.15) is 17.8 Å². The van der Waals surface area contributed by atoms with Crippen LogP contribution in [0.4, 0.5) is 0 Å². The molecular formula is C15H20N2O2. The van der Waals surface area contributed by atoms with E-state index in [1.807, 2.05) is 48.1 Å². The molecule has 0 bridgehead atoms. The van der Waals surface area contributed by atoms with Crippen molar-refractivity contribution in [2.24, 2.45) is 7.05 Å². The first kappa shape index (κ1) is 13.8. The lowest BCUT2D eigenvalue weighted by molar-refractivity contribution is 0.109. The molecule has 0 saturated heterocycles. The lowest BCUT2D eigenvalue weighted by Gasteiger charge is -2.30. The van der Waals surface area contributed by atoms with Gasteiger partial charge in [0.1, 0.15) is 5.82 Å².